The molecule has 1 heterocycles. The van der Waals surface area contributed by atoms with Crippen LogP contribution in [-0.4, -0.2) is 60.7 Å². The van der Waals surface area contributed by atoms with Crippen molar-refractivity contribution in [2.75, 3.05) is 13.1 Å². The molecule has 0 aromatic carbocycles. The summed E-state index contributed by atoms with van der Waals surface area (Å²) in [7, 11) is 0. The molecule has 0 aromatic rings. The average molecular weight is 325 g/mol. The van der Waals surface area contributed by atoms with Crippen molar-refractivity contribution in [2.24, 2.45) is 0 Å². The van der Waals surface area contributed by atoms with Gasteiger partial charge in [0.05, 0.1) is 36.6 Å². The molecule has 2 saturated carbocycles. The van der Waals surface area contributed by atoms with Crippen molar-refractivity contribution in [1.82, 2.24) is 4.90 Å². The van der Waals surface area contributed by atoms with E-state index in [9.17, 15) is 0 Å². The van der Waals surface area contributed by atoms with E-state index in [1.54, 1.807) is 0 Å². The maximum atomic E-state index is 6.26. The summed E-state index contributed by atoms with van der Waals surface area (Å²) in [5.74, 6) is 0. The number of ether oxygens (including phenoxy) is 3. The molecule has 0 radical (unpaired) electrons. The van der Waals surface area contributed by atoms with E-state index in [1.807, 2.05) is 0 Å². The quantitative estimate of drug-likeness (QED) is 0.718. The third-order valence-corrected chi connectivity index (χ3v) is 5.43. The summed E-state index contributed by atoms with van der Waals surface area (Å²) in [4.78, 5) is 2.66. The number of hydrogen-bond donors (Lipinski definition) is 0. The van der Waals surface area contributed by atoms with Crippen molar-refractivity contribution >= 4 is 0 Å². The first-order chi connectivity index (χ1) is 11.0. The molecular weight excluding hydrogens is 290 g/mol. The smallest absolute Gasteiger partial charge is 0.0628 e. The first-order valence-corrected chi connectivity index (χ1v) is 9.70. The summed E-state index contributed by atoms with van der Waals surface area (Å²) in [6.45, 7) is 10.9. The highest BCUT2D eigenvalue weighted by Crippen LogP contribution is 2.33. The van der Waals surface area contributed by atoms with Crippen molar-refractivity contribution in [3.63, 3.8) is 0 Å². The van der Waals surface area contributed by atoms with E-state index in [2.05, 4.69) is 32.6 Å². The molecule has 0 bridgehead atoms. The van der Waals surface area contributed by atoms with Crippen LogP contribution in [0, 0.1) is 0 Å². The van der Waals surface area contributed by atoms with Crippen LogP contribution in [0.1, 0.15) is 66.2 Å². The number of nitrogens with zero attached hydrogens (tertiary/aromatic N) is 1. The lowest BCUT2D eigenvalue weighted by molar-refractivity contribution is -0.150. The van der Waals surface area contributed by atoms with E-state index >= 15 is 0 Å². The minimum absolute atomic E-state index is 0.343. The molecule has 4 nitrogen and oxygen atoms in total. The molecular formula is C19H35NO3. The van der Waals surface area contributed by atoms with Gasteiger partial charge in [-0.2, -0.15) is 0 Å². The van der Waals surface area contributed by atoms with E-state index in [-0.39, 0.29) is 0 Å². The lowest BCUT2D eigenvalue weighted by atomic mass is 9.86. The second-order valence-corrected chi connectivity index (χ2v) is 8.20. The van der Waals surface area contributed by atoms with Gasteiger partial charge in [0.2, 0.25) is 0 Å². The fourth-order valence-electron chi connectivity index (χ4n) is 4.11. The monoisotopic (exact) mass is 325 g/mol. The van der Waals surface area contributed by atoms with Crippen molar-refractivity contribution in [2.45, 2.75) is 109 Å². The highest BCUT2D eigenvalue weighted by molar-refractivity contribution is 4.91. The third-order valence-electron chi connectivity index (χ3n) is 5.43. The van der Waals surface area contributed by atoms with Gasteiger partial charge in [0.25, 0.3) is 0 Å². The fraction of sp³-hybridized carbons (Fsp3) is 1.00. The standard InChI is InChI=1S/C19H35NO3/c1-13(2)21-17-9-15(10-17)20-7-5-16(6-8-20)23-19-11-18(12-19)22-14(3)4/h13-19H,5-12H2,1-4H3. The number of piperidine rings is 1. The van der Waals surface area contributed by atoms with Crippen LogP contribution in [0.3, 0.4) is 0 Å². The molecule has 0 atom stereocenters. The topological polar surface area (TPSA) is 30.9 Å². The second-order valence-electron chi connectivity index (χ2n) is 8.20. The largest absolute Gasteiger partial charge is 0.375 e. The summed E-state index contributed by atoms with van der Waals surface area (Å²) >= 11 is 0. The number of hydrogen-bond acceptors (Lipinski definition) is 4. The molecule has 0 spiro atoms. The fourth-order valence-corrected chi connectivity index (χ4v) is 4.11. The zero-order valence-electron chi connectivity index (χ0n) is 15.4. The first-order valence-electron chi connectivity index (χ1n) is 9.70. The molecule has 4 heteroatoms. The van der Waals surface area contributed by atoms with Crippen LogP contribution in [0.25, 0.3) is 0 Å². The lowest BCUT2D eigenvalue weighted by Crippen LogP contribution is -2.52. The van der Waals surface area contributed by atoms with E-state index in [0.29, 0.717) is 36.6 Å². The third kappa shape index (κ3) is 4.91. The predicted molar refractivity (Wildman–Crippen MR) is 91.7 cm³/mol. The molecule has 3 fully saturated rings. The zero-order chi connectivity index (χ0) is 16.4. The van der Waals surface area contributed by atoms with Gasteiger partial charge < -0.3 is 14.2 Å². The second kappa shape index (κ2) is 7.81. The van der Waals surface area contributed by atoms with E-state index in [1.165, 1.54) is 38.8 Å². The van der Waals surface area contributed by atoms with Crippen LogP contribution >= 0.6 is 0 Å². The van der Waals surface area contributed by atoms with Gasteiger partial charge in [-0.05, 0) is 66.2 Å². The normalized spacial score (nSPS) is 36.3. The van der Waals surface area contributed by atoms with Crippen LogP contribution in [0.5, 0.6) is 0 Å². The van der Waals surface area contributed by atoms with Gasteiger partial charge in [-0.3, -0.25) is 4.90 Å². The van der Waals surface area contributed by atoms with E-state index in [0.717, 1.165) is 18.9 Å². The molecule has 134 valence electrons. The molecule has 0 N–H and O–H groups in total. The van der Waals surface area contributed by atoms with Crippen LogP contribution in [0.4, 0.5) is 0 Å². The summed E-state index contributed by atoms with van der Waals surface area (Å²) in [6.07, 6.45) is 9.58. The van der Waals surface area contributed by atoms with Gasteiger partial charge in [-0.15, -0.1) is 0 Å². The maximum Gasteiger partial charge on any atom is 0.0628 e. The summed E-state index contributed by atoms with van der Waals surface area (Å²) in [5, 5.41) is 0. The van der Waals surface area contributed by atoms with Crippen LogP contribution in [0.15, 0.2) is 0 Å². The van der Waals surface area contributed by atoms with Gasteiger partial charge in [-0.1, -0.05) is 0 Å². The Balaban J connectivity index is 1.27. The van der Waals surface area contributed by atoms with Crippen molar-refractivity contribution in [3.8, 4) is 0 Å². The molecule has 1 aliphatic heterocycles. The van der Waals surface area contributed by atoms with Gasteiger partial charge >= 0.3 is 0 Å². The van der Waals surface area contributed by atoms with E-state index < -0.39 is 0 Å². The highest BCUT2D eigenvalue weighted by Gasteiger charge is 2.38. The Kier molecular flexibility index (Phi) is 6.00. The Labute approximate surface area is 141 Å². The molecule has 0 amide bonds. The Morgan fingerprint density at radius 2 is 1.22 bits per heavy atom. The van der Waals surface area contributed by atoms with Crippen LogP contribution in [-0.2, 0) is 14.2 Å². The van der Waals surface area contributed by atoms with Crippen LogP contribution in [0.2, 0.25) is 0 Å². The molecule has 23 heavy (non-hydrogen) atoms. The van der Waals surface area contributed by atoms with Crippen molar-refractivity contribution in [1.29, 1.82) is 0 Å². The number of likely N-dealkylation sites (tertiary alicyclic amines) is 1. The first kappa shape index (κ1) is 17.7. The molecule has 1 saturated heterocycles. The molecule has 0 unspecified atom stereocenters. The van der Waals surface area contributed by atoms with Crippen LogP contribution < -0.4 is 0 Å². The number of rotatable bonds is 7. The Hall–Kier alpha value is -0.160. The van der Waals surface area contributed by atoms with Gasteiger partial charge in [-0.25, -0.2) is 0 Å². The van der Waals surface area contributed by atoms with Crippen molar-refractivity contribution in [3.05, 3.63) is 0 Å². The Morgan fingerprint density at radius 3 is 1.74 bits per heavy atom. The minimum atomic E-state index is 0.343. The highest BCUT2D eigenvalue weighted by atomic mass is 16.5. The molecule has 3 aliphatic rings. The average Bonchev–Trinajstić information content (AvgIpc) is 2.40. The SMILES string of the molecule is CC(C)OC1CC(OC2CCN(C3CC(OC(C)C)C3)CC2)C1. The lowest BCUT2D eigenvalue weighted by Gasteiger charge is -2.46. The molecule has 2 aliphatic carbocycles. The summed E-state index contributed by atoms with van der Waals surface area (Å²) in [5.41, 5.74) is 0. The zero-order valence-corrected chi connectivity index (χ0v) is 15.4. The van der Waals surface area contributed by atoms with E-state index in [4.69, 9.17) is 14.2 Å². The Morgan fingerprint density at radius 1 is 0.696 bits per heavy atom. The summed E-state index contributed by atoms with van der Waals surface area (Å²) in [6, 6.07) is 0.757. The summed E-state index contributed by atoms with van der Waals surface area (Å²) < 4.78 is 18.0. The predicted octanol–water partition coefficient (Wildman–Crippen LogP) is 3.38. The molecule has 0 aromatic heterocycles. The molecule has 3 rings (SSSR count). The van der Waals surface area contributed by atoms with Gasteiger partial charge in [0.15, 0.2) is 0 Å². The van der Waals surface area contributed by atoms with Gasteiger partial charge in [0.1, 0.15) is 0 Å². The van der Waals surface area contributed by atoms with Crippen molar-refractivity contribution < 1.29 is 14.2 Å². The maximum absolute atomic E-state index is 6.26. The minimum Gasteiger partial charge on any atom is -0.375 e. The Bertz CT molecular complexity index is 354. The van der Waals surface area contributed by atoms with Gasteiger partial charge in [0, 0.05) is 19.1 Å².